The van der Waals surface area contributed by atoms with Gasteiger partial charge in [0, 0.05) is 16.8 Å². The normalized spacial score (nSPS) is 12.1. The van der Waals surface area contributed by atoms with Crippen LogP contribution in [0.1, 0.15) is 20.7 Å². The van der Waals surface area contributed by atoms with Crippen molar-refractivity contribution in [3.05, 3.63) is 76.8 Å². The standard InChI is InChI=1S/C23H19ClN2O5/c1-29-19-5-3-2-4-18(19)26-22(27)14-6-8-16(9-7-14)25-23(28)15-12-17(24)21-20(13-15)30-10-11-31-21/h2-9,12-13H,10-11H2,1H3,(H,25,28)(H,26,27). The number of hydrogen-bond acceptors (Lipinski definition) is 5. The fourth-order valence-electron chi connectivity index (χ4n) is 3.09. The average molecular weight is 439 g/mol. The van der Waals surface area contributed by atoms with E-state index in [1.165, 1.54) is 13.2 Å². The third kappa shape index (κ3) is 4.57. The van der Waals surface area contributed by atoms with Crippen molar-refractivity contribution in [2.24, 2.45) is 0 Å². The molecule has 0 radical (unpaired) electrons. The number of benzene rings is 3. The molecule has 1 aliphatic rings. The molecule has 0 saturated heterocycles. The number of para-hydroxylation sites is 2. The minimum absolute atomic E-state index is 0.291. The topological polar surface area (TPSA) is 85.9 Å². The molecule has 2 N–H and O–H groups in total. The zero-order valence-electron chi connectivity index (χ0n) is 16.6. The minimum Gasteiger partial charge on any atom is -0.495 e. The quantitative estimate of drug-likeness (QED) is 0.606. The first-order chi connectivity index (χ1) is 15.0. The number of methoxy groups -OCH3 is 1. The lowest BCUT2D eigenvalue weighted by molar-refractivity contribution is 0.101. The van der Waals surface area contributed by atoms with Crippen LogP contribution in [0.25, 0.3) is 0 Å². The van der Waals surface area contributed by atoms with Crippen molar-refractivity contribution < 1.29 is 23.8 Å². The maximum atomic E-state index is 12.6. The first kappa shape index (κ1) is 20.6. The van der Waals surface area contributed by atoms with Gasteiger partial charge in [0.15, 0.2) is 11.5 Å². The van der Waals surface area contributed by atoms with E-state index in [4.69, 9.17) is 25.8 Å². The summed E-state index contributed by atoms with van der Waals surface area (Å²) in [5.74, 6) is 0.797. The molecule has 1 heterocycles. The van der Waals surface area contributed by atoms with E-state index < -0.39 is 0 Å². The minimum atomic E-state index is -0.356. The van der Waals surface area contributed by atoms with Gasteiger partial charge in [-0.15, -0.1) is 0 Å². The first-order valence-electron chi connectivity index (χ1n) is 9.50. The van der Waals surface area contributed by atoms with Crippen molar-refractivity contribution in [1.29, 1.82) is 0 Å². The van der Waals surface area contributed by atoms with E-state index in [-0.39, 0.29) is 11.8 Å². The van der Waals surface area contributed by atoms with Crippen LogP contribution in [0.2, 0.25) is 5.02 Å². The Morgan fingerprint density at radius 2 is 1.61 bits per heavy atom. The van der Waals surface area contributed by atoms with E-state index in [0.29, 0.717) is 58.0 Å². The average Bonchev–Trinajstić information content (AvgIpc) is 2.80. The van der Waals surface area contributed by atoms with Crippen LogP contribution in [0.4, 0.5) is 11.4 Å². The molecule has 0 fully saturated rings. The second-order valence-electron chi connectivity index (χ2n) is 6.67. The molecular formula is C23H19ClN2O5. The van der Waals surface area contributed by atoms with E-state index in [1.54, 1.807) is 48.5 Å². The van der Waals surface area contributed by atoms with Crippen molar-refractivity contribution in [2.45, 2.75) is 0 Å². The van der Waals surface area contributed by atoms with Gasteiger partial charge >= 0.3 is 0 Å². The fraction of sp³-hybridized carbons (Fsp3) is 0.130. The Morgan fingerprint density at radius 3 is 2.39 bits per heavy atom. The molecule has 0 atom stereocenters. The summed E-state index contributed by atoms with van der Waals surface area (Å²) in [5.41, 5.74) is 1.88. The van der Waals surface area contributed by atoms with Gasteiger partial charge < -0.3 is 24.8 Å². The molecule has 2 amide bonds. The summed E-state index contributed by atoms with van der Waals surface area (Å²) < 4.78 is 16.2. The third-order valence-corrected chi connectivity index (χ3v) is 4.90. The lowest BCUT2D eigenvalue weighted by Gasteiger charge is -2.20. The molecule has 158 valence electrons. The second kappa shape index (κ2) is 8.97. The van der Waals surface area contributed by atoms with E-state index in [0.717, 1.165) is 0 Å². The van der Waals surface area contributed by atoms with Gasteiger partial charge in [-0.05, 0) is 48.5 Å². The summed E-state index contributed by atoms with van der Waals surface area (Å²) in [7, 11) is 1.54. The number of rotatable bonds is 5. The third-order valence-electron chi connectivity index (χ3n) is 4.62. The highest BCUT2D eigenvalue weighted by molar-refractivity contribution is 6.32. The molecule has 0 bridgehead atoms. The van der Waals surface area contributed by atoms with Crippen LogP contribution in [0.5, 0.6) is 17.2 Å². The summed E-state index contributed by atoms with van der Waals surface area (Å²) in [6.45, 7) is 0.808. The predicted octanol–water partition coefficient (Wildman–Crippen LogP) is 4.62. The largest absolute Gasteiger partial charge is 0.495 e. The van der Waals surface area contributed by atoms with E-state index >= 15 is 0 Å². The molecule has 1 aliphatic heterocycles. The van der Waals surface area contributed by atoms with Crippen LogP contribution in [0.15, 0.2) is 60.7 Å². The zero-order valence-corrected chi connectivity index (χ0v) is 17.4. The summed E-state index contributed by atoms with van der Waals surface area (Å²) in [4.78, 5) is 25.1. The molecule has 3 aromatic rings. The van der Waals surface area contributed by atoms with Gasteiger partial charge in [0.05, 0.1) is 17.8 Å². The van der Waals surface area contributed by atoms with Crippen molar-refractivity contribution >= 4 is 34.8 Å². The first-order valence-corrected chi connectivity index (χ1v) is 9.88. The molecule has 4 rings (SSSR count). The number of ether oxygens (including phenoxy) is 3. The van der Waals surface area contributed by atoms with Crippen molar-refractivity contribution in [2.75, 3.05) is 31.0 Å². The van der Waals surface area contributed by atoms with Crippen molar-refractivity contribution in [1.82, 2.24) is 0 Å². The maximum Gasteiger partial charge on any atom is 0.255 e. The van der Waals surface area contributed by atoms with Gasteiger partial charge in [-0.25, -0.2) is 0 Å². The van der Waals surface area contributed by atoms with Crippen LogP contribution in [-0.2, 0) is 0 Å². The highest BCUT2D eigenvalue weighted by Crippen LogP contribution is 2.38. The summed E-state index contributed by atoms with van der Waals surface area (Å²) in [5, 5.41) is 5.90. The van der Waals surface area contributed by atoms with Crippen LogP contribution < -0.4 is 24.8 Å². The number of anilines is 2. The molecule has 0 saturated carbocycles. The number of amides is 2. The van der Waals surface area contributed by atoms with Gasteiger partial charge in [0.1, 0.15) is 19.0 Å². The smallest absolute Gasteiger partial charge is 0.255 e. The molecule has 3 aromatic carbocycles. The van der Waals surface area contributed by atoms with Gasteiger partial charge in [0.25, 0.3) is 11.8 Å². The molecule has 7 nitrogen and oxygen atoms in total. The van der Waals surface area contributed by atoms with E-state index in [1.807, 2.05) is 6.07 Å². The van der Waals surface area contributed by atoms with E-state index in [9.17, 15) is 9.59 Å². The number of halogens is 1. The van der Waals surface area contributed by atoms with Crippen LogP contribution in [0.3, 0.4) is 0 Å². The van der Waals surface area contributed by atoms with Crippen LogP contribution in [-0.4, -0.2) is 32.1 Å². The Labute approximate surface area is 183 Å². The lowest BCUT2D eigenvalue weighted by Crippen LogP contribution is -2.18. The van der Waals surface area contributed by atoms with Gasteiger partial charge in [-0.3, -0.25) is 9.59 Å². The van der Waals surface area contributed by atoms with Gasteiger partial charge in [0.2, 0.25) is 0 Å². The van der Waals surface area contributed by atoms with Crippen LogP contribution in [0, 0.1) is 0 Å². The fourth-order valence-corrected chi connectivity index (χ4v) is 3.36. The Kier molecular flexibility index (Phi) is 5.95. The van der Waals surface area contributed by atoms with E-state index in [2.05, 4.69) is 10.6 Å². The Balaban J connectivity index is 1.44. The summed E-state index contributed by atoms with van der Waals surface area (Å²) in [6.07, 6.45) is 0. The van der Waals surface area contributed by atoms with Crippen molar-refractivity contribution in [3.8, 4) is 17.2 Å². The Hall–Kier alpha value is -3.71. The molecule has 8 heteroatoms. The number of fused-ring (bicyclic) bond motifs is 1. The molecule has 0 spiro atoms. The summed E-state index contributed by atoms with van der Waals surface area (Å²) in [6, 6.07) is 16.8. The molecule has 31 heavy (non-hydrogen) atoms. The highest BCUT2D eigenvalue weighted by atomic mass is 35.5. The summed E-state index contributed by atoms with van der Waals surface area (Å²) >= 11 is 6.20. The Bertz CT molecular complexity index is 1130. The van der Waals surface area contributed by atoms with Crippen LogP contribution >= 0.6 is 11.6 Å². The van der Waals surface area contributed by atoms with Gasteiger partial charge in [-0.2, -0.15) is 0 Å². The number of carbonyl (C=O) groups excluding carboxylic acids is 2. The van der Waals surface area contributed by atoms with Gasteiger partial charge in [-0.1, -0.05) is 23.7 Å². The maximum absolute atomic E-state index is 12.6. The second-order valence-corrected chi connectivity index (χ2v) is 7.08. The monoisotopic (exact) mass is 438 g/mol. The predicted molar refractivity (Wildman–Crippen MR) is 118 cm³/mol. The number of hydrogen-bond donors (Lipinski definition) is 2. The molecule has 0 aromatic heterocycles. The van der Waals surface area contributed by atoms with Crippen molar-refractivity contribution in [3.63, 3.8) is 0 Å². The SMILES string of the molecule is COc1ccccc1NC(=O)c1ccc(NC(=O)c2cc(Cl)c3c(c2)OCCO3)cc1. The molecule has 0 unspecified atom stereocenters. The highest BCUT2D eigenvalue weighted by Gasteiger charge is 2.19. The number of nitrogens with one attached hydrogen (secondary N) is 2. The molecular weight excluding hydrogens is 420 g/mol. The zero-order chi connectivity index (χ0) is 21.8. The number of carbonyl (C=O) groups is 2. The Morgan fingerprint density at radius 1 is 0.903 bits per heavy atom. The molecule has 0 aliphatic carbocycles. The lowest BCUT2D eigenvalue weighted by atomic mass is 10.1.